The maximum Gasteiger partial charge on any atom is 0.328 e. The van der Waals surface area contributed by atoms with Gasteiger partial charge in [0.2, 0.25) is 0 Å². The topological polar surface area (TPSA) is 141 Å². The lowest BCUT2D eigenvalue weighted by atomic mass is 10.2. The fourth-order valence-electron chi connectivity index (χ4n) is 1.62. The molecule has 132 valence electrons. The molecule has 2 aromatic carbocycles. The Balaban J connectivity index is 0.000000333. The Kier molecular flexibility index (Phi) is 8.04. The number of aliphatic carboxylic acids is 2. The zero-order valence-electron chi connectivity index (χ0n) is 13.0. The Morgan fingerprint density at radius 1 is 0.960 bits per heavy atom. The third-order valence-corrected chi connectivity index (χ3v) is 3.89. The second-order valence-corrected chi connectivity index (χ2v) is 5.66. The number of hydrogen-bond donors (Lipinski definition) is 5. The predicted octanol–water partition coefficient (Wildman–Crippen LogP) is 2.42. The van der Waals surface area contributed by atoms with Gasteiger partial charge in [-0.25, -0.2) is 9.59 Å². The molecule has 7 nitrogen and oxygen atoms in total. The smallest absolute Gasteiger partial charge is 0.328 e. The molecule has 8 heteroatoms. The molecular formula is C17H17NO6S. The zero-order valence-corrected chi connectivity index (χ0v) is 13.8. The number of phenolic OH excluding ortho intramolecular Hbond substituents is 2. The fourth-order valence-corrected chi connectivity index (χ4v) is 2.64. The molecule has 0 aliphatic rings. The number of hydrogen-bond acceptors (Lipinski definition) is 6. The molecule has 0 fully saturated rings. The summed E-state index contributed by atoms with van der Waals surface area (Å²) >= 11 is 1.39. The molecule has 0 aliphatic heterocycles. The van der Waals surface area contributed by atoms with Crippen molar-refractivity contribution >= 4 is 23.7 Å². The predicted molar refractivity (Wildman–Crippen MR) is 92.6 cm³/mol. The minimum Gasteiger partial charge on any atom is -0.508 e. The van der Waals surface area contributed by atoms with E-state index in [1.165, 1.54) is 30.0 Å². The Bertz CT molecular complexity index is 759. The summed E-state index contributed by atoms with van der Waals surface area (Å²) in [7, 11) is 0. The van der Waals surface area contributed by atoms with E-state index in [1.54, 1.807) is 0 Å². The van der Waals surface area contributed by atoms with Crippen molar-refractivity contribution in [2.45, 2.75) is 16.3 Å². The number of benzene rings is 2. The van der Waals surface area contributed by atoms with Crippen LogP contribution in [0.3, 0.4) is 0 Å². The molecule has 6 N–H and O–H groups in total. The van der Waals surface area contributed by atoms with Crippen molar-refractivity contribution in [3.8, 4) is 11.5 Å². The van der Waals surface area contributed by atoms with E-state index < -0.39 is 11.9 Å². The number of carboxylic acid groups (broad SMARTS) is 2. The van der Waals surface area contributed by atoms with Gasteiger partial charge >= 0.3 is 11.9 Å². The van der Waals surface area contributed by atoms with Crippen LogP contribution in [0, 0.1) is 0 Å². The van der Waals surface area contributed by atoms with E-state index in [0.29, 0.717) is 23.6 Å². The van der Waals surface area contributed by atoms with Crippen LogP contribution in [0.25, 0.3) is 0 Å². The second-order valence-electron chi connectivity index (χ2n) is 4.58. The molecule has 0 saturated heterocycles. The molecule has 0 radical (unpaired) electrons. The van der Waals surface area contributed by atoms with Crippen LogP contribution in [0.2, 0.25) is 0 Å². The number of carbonyl (C=O) groups is 2. The van der Waals surface area contributed by atoms with E-state index in [-0.39, 0.29) is 11.5 Å². The molecule has 0 bridgehead atoms. The van der Waals surface area contributed by atoms with Crippen molar-refractivity contribution in [3.05, 3.63) is 60.2 Å². The first-order valence-corrected chi connectivity index (χ1v) is 7.77. The molecule has 0 amide bonds. The lowest BCUT2D eigenvalue weighted by Crippen LogP contribution is -1.97. The summed E-state index contributed by atoms with van der Waals surface area (Å²) < 4.78 is 0. The number of phenols is 2. The van der Waals surface area contributed by atoms with Crippen molar-refractivity contribution < 1.29 is 30.0 Å². The van der Waals surface area contributed by atoms with Crippen molar-refractivity contribution in [1.82, 2.24) is 0 Å². The van der Waals surface area contributed by atoms with Crippen molar-refractivity contribution in [1.29, 1.82) is 0 Å². The third-order valence-electron chi connectivity index (χ3n) is 2.72. The minimum absolute atomic E-state index is 0.135. The first-order chi connectivity index (χ1) is 11.8. The molecule has 0 saturated carbocycles. The van der Waals surface area contributed by atoms with Crippen molar-refractivity contribution in [2.75, 3.05) is 0 Å². The molecular weight excluding hydrogens is 346 g/mol. The summed E-state index contributed by atoms with van der Waals surface area (Å²) in [4.78, 5) is 20.7. The monoisotopic (exact) mass is 363 g/mol. The first kappa shape index (κ1) is 20.1. The van der Waals surface area contributed by atoms with Gasteiger partial charge in [-0.15, -0.1) is 0 Å². The molecule has 0 heterocycles. The minimum atomic E-state index is -1.26. The Labute approximate surface area is 148 Å². The van der Waals surface area contributed by atoms with Crippen molar-refractivity contribution in [2.24, 2.45) is 5.73 Å². The highest BCUT2D eigenvalue weighted by Gasteiger charge is 2.07. The van der Waals surface area contributed by atoms with E-state index in [2.05, 4.69) is 0 Å². The molecule has 0 aromatic heterocycles. The van der Waals surface area contributed by atoms with Gasteiger partial charge in [0.1, 0.15) is 11.5 Å². The van der Waals surface area contributed by atoms with E-state index in [0.717, 1.165) is 10.5 Å². The molecule has 25 heavy (non-hydrogen) atoms. The van der Waals surface area contributed by atoms with Gasteiger partial charge < -0.3 is 26.2 Å². The Morgan fingerprint density at radius 2 is 1.56 bits per heavy atom. The van der Waals surface area contributed by atoms with Crippen LogP contribution in [-0.4, -0.2) is 32.4 Å². The molecule has 0 spiro atoms. The van der Waals surface area contributed by atoms with Gasteiger partial charge in [0.05, 0.1) is 4.90 Å². The number of aromatic hydroxyl groups is 2. The third kappa shape index (κ3) is 7.42. The highest BCUT2D eigenvalue weighted by Crippen LogP contribution is 2.37. The average Bonchev–Trinajstić information content (AvgIpc) is 2.57. The van der Waals surface area contributed by atoms with Crippen LogP contribution in [0.15, 0.2) is 64.4 Å². The average molecular weight is 363 g/mol. The van der Waals surface area contributed by atoms with E-state index in [4.69, 9.17) is 15.9 Å². The molecule has 0 unspecified atom stereocenters. The zero-order chi connectivity index (χ0) is 18.8. The molecule has 2 rings (SSSR count). The van der Waals surface area contributed by atoms with E-state index >= 15 is 0 Å². The highest BCUT2D eigenvalue weighted by molar-refractivity contribution is 7.99. The van der Waals surface area contributed by atoms with Gasteiger partial charge in [-0.05, 0) is 29.8 Å². The number of carboxylic acids is 2. The number of rotatable bonds is 5. The molecule has 0 aliphatic carbocycles. The first-order valence-electron chi connectivity index (χ1n) is 6.95. The number of nitrogens with two attached hydrogens (primary N) is 1. The largest absolute Gasteiger partial charge is 0.508 e. The lowest BCUT2D eigenvalue weighted by molar-refractivity contribution is -0.134. The fraction of sp³-hybridized carbons (Fsp3) is 0.0588. The highest BCUT2D eigenvalue weighted by atomic mass is 32.2. The summed E-state index contributed by atoms with van der Waals surface area (Å²) in [6.07, 6.45) is 1.12. The Morgan fingerprint density at radius 3 is 2.12 bits per heavy atom. The van der Waals surface area contributed by atoms with Gasteiger partial charge in [0, 0.05) is 23.6 Å². The SMILES string of the molecule is NCc1ccccc1Sc1cc(O)ccc1O.O=C(O)C=CC(=O)O. The summed E-state index contributed by atoms with van der Waals surface area (Å²) in [6.45, 7) is 0.447. The van der Waals surface area contributed by atoms with Crippen LogP contribution < -0.4 is 5.73 Å². The van der Waals surface area contributed by atoms with Gasteiger partial charge in [-0.1, -0.05) is 30.0 Å². The van der Waals surface area contributed by atoms with Gasteiger partial charge in [0.25, 0.3) is 0 Å². The summed E-state index contributed by atoms with van der Waals surface area (Å²) in [6, 6.07) is 12.2. The van der Waals surface area contributed by atoms with Crippen LogP contribution >= 0.6 is 11.8 Å². The standard InChI is InChI=1S/C13H13NO2S.C4H4O4/c14-8-9-3-1-2-4-12(9)17-13-7-10(15)5-6-11(13)16;5-3(6)1-2-4(7)8/h1-7,15-16H,8,14H2;1-2H,(H,5,6)(H,7,8). The normalized spacial score (nSPS) is 10.1. The van der Waals surface area contributed by atoms with Crippen LogP contribution in [0.4, 0.5) is 0 Å². The van der Waals surface area contributed by atoms with E-state index in [9.17, 15) is 19.8 Å². The van der Waals surface area contributed by atoms with E-state index in [1.807, 2.05) is 24.3 Å². The van der Waals surface area contributed by atoms with Gasteiger partial charge in [0.15, 0.2) is 0 Å². The van der Waals surface area contributed by atoms with Gasteiger partial charge in [-0.3, -0.25) is 0 Å². The maximum atomic E-state index is 9.70. The molecule has 0 atom stereocenters. The lowest BCUT2D eigenvalue weighted by Gasteiger charge is -2.08. The quantitative estimate of drug-likeness (QED) is 0.403. The van der Waals surface area contributed by atoms with Crippen LogP contribution in [0.1, 0.15) is 5.56 Å². The maximum absolute atomic E-state index is 9.70. The Hall–Kier alpha value is -2.97. The summed E-state index contributed by atoms with van der Waals surface area (Å²) in [5.74, 6) is -2.23. The van der Waals surface area contributed by atoms with Crippen molar-refractivity contribution in [3.63, 3.8) is 0 Å². The van der Waals surface area contributed by atoms with Gasteiger partial charge in [-0.2, -0.15) is 0 Å². The van der Waals surface area contributed by atoms with Crippen LogP contribution in [0.5, 0.6) is 11.5 Å². The summed E-state index contributed by atoms with van der Waals surface area (Å²) in [5, 5.41) is 34.7. The molecule has 2 aromatic rings. The van der Waals surface area contributed by atoms with Crippen LogP contribution in [-0.2, 0) is 16.1 Å². The second kappa shape index (κ2) is 10.0. The summed E-state index contributed by atoms with van der Waals surface area (Å²) in [5.41, 5.74) is 6.66.